The van der Waals surface area contributed by atoms with Gasteiger partial charge in [0.25, 0.3) is 0 Å². The van der Waals surface area contributed by atoms with Crippen LogP contribution in [-0.2, 0) is 6.54 Å². The van der Waals surface area contributed by atoms with Gasteiger partial charge in [-0.3, -0.25) is 5.10 Å². The number of anilines is 1. The first-order chi connectivity index (χ1) is 14.1. The van der Waals surface area contributed by atoms with E-state index in [1.165, 1.54) is 11.0 Å². The lowest BCUT2D eigenvalue weighted by Gasteiger charge is -2.09. The van der Waals surface area contributed by atoms with Gasteiger partial charge in [-0.15, -0.1) is 11.8 Å². The second-order valence-corrected chi connectivity index (χ2v) is 7.12. The van der Waals surface area contributed by atoms with Gasteiger partial charge in [-0.1, -0.05) is 18.2 Å². The van der Waals surface area contributed by atoms with E-state index in [0.717, 1.165) is 23.3 Å². The van der Waals surface area contributed by atoms with E-state index in [0.29, 0.717) is 29.6 Å². The molecule has 29 heavy (non-hydrogen) atoms. The second-order valence-electron chi connectivity index (χ2n) is 6.24. The van der Waals surface area contributed by atoms with Crippen molar-refractivity contribution in [2.45, 2.75) is 11.4 Å². The molecule has 4 aromatic rings. The number of H-pyrrole nitrogens is 1. The molecule has 2 aromatic heterocycles. The third kappa shape index (κ3) is 4.27. The quantitative estimate of drug-likeness (QED) is 0.431. The number of nitrogens with zero attached hydrogens (tertiary/aromatic N) is 3. The first-order valence-corrected chi connectivity index (χ1v) is 10.1. The monoisotopic (exact) mass is 409 g/mol. The molecule has 0 aliphatic rings. The maximum atomic E-state index is 13.4. The zero-order valence-corrected chi connectivity index (χ0v) is 16.3. The molecule has 0 amide bonds. The van der Waals surface area contributed by atoms with Crippen molar-refractivity contribution in [3.05, 3.63) is 78.0 Å². The number of aromatic amines is 1. The average Bonchev–Trinajstić information content (AvgIpc) is 3.25. The highest BCUT2D eigenvalue weighted by Crippen LogP contribution is 2.26. The van der Waals surface area contributed by atoms with Gasteiger partial charge in [0.05, 0.1) is 5.56 Å². The first-order valence-electron chi connectivity index (χ1n) is 8.84. The number of nitrogens with one attached hydrogen (secondary N) is 2. The molecule has 0 radical (unpaired) electrons. The maximum Gasteiger partial charge on any atom is 0.181 e. The van der Waals surface area contributed by atoms with Crippen LogP contribution < -0.4 is 5.32 Å². The van der Waals surface area contributed by atoms with E-state index in [-0.39, 0.29) is 0 Å². The highest BCUT2D eigenvalue weighted by atomic mass is 32.2. The van der Waals surface area contributed by atoms with Crippen LogP contribution in [0.4, 0.5) is 14.6 Å². The van der Waals surface area contributed by atoms with Crippen LogP contribution >= 0.6 is 11.8 Å². The van der Waals surface area contributed by atoms with E-state index >= 15 is 0 Å². The van der Waals surface area contributed by atoms with Gasteiger partial charge in [-0.05, 0) is 48.2 Å². The van der Waals surface area contributed by atoms with Crippen LogP contribution in [-0.4, -0.2) is 26.4 Å². The van der Waals surface area contributed by atoms with Gasteiger partial charge in [0.2, 0.25) is 0 Å². The fraction of sp³-hybridized carbons (Fsp3) is 0.0952. The summed E-state index contributed by atoms with van der Waals surface area (Å²) in [5, 5.41) is 10.4. The summed E-state index contributed by atoms with van der Waals surface area (Å²) in [5.41, 5.74) is 2.24. The van der Waals surface area contributed by atoms with Crippen molar-refractivity contribution >= 4 is 17.6 Å². The Morgan fingerprint density at radius 1 is 1.03 bits per heavy atom. The molecule has 0 fully saturated rings. The molecule has 5 nitrogen and oxygen atoms in total. The minimum absolute atomic E-state index is 0.290. The normalized spacial score (nSPS) is 10.9. The summed E-state index contributed by atoms with van der Waals surface area (Å²) < 4.78 is 26.5. The summed E-state index contributed by atoms with van der Waals surface area (Å²) in [7, 11) is 0. The molecule has 0 bridgehead atoms. The Balaban J connectivity index is 1.56. The molecule has 8 heteroatoms. The predicted octanol–water partition coefficient (Wildman–Crippen LogP) is 5.15. The number of rotatable bonds is 6. The Hall–Kier alpha value is -3.26. The van der Waals surface area contributed by atoms with Crippen molar-refractivity contribution < 1.29 is 8.78 Å². The van der Waals surface area contributed by atoms with Gasteiger partial charge in [-0.2, -0.15) is 5.10 Å². The van der Waals surface area contributed by atoms with Gasteiger partial charge >= 0.3 is 0 Å². The fourth-order valence-corrected chi connectivity index (χ4v) is 3.23. The van der Waals surface area contributed by atoms with E-state index in [1.807, 2.05) is 36.6 Å². The molecule has 0 aliphatic carbocycles. The molecule has 0 saturated carbocycles. The molecule has 0 unspecified atom stereocenters. The topological polar surface area (TPSA) is 66.5 Å². The molecular weight excluding hydrogens is 392 g/mol. The van der Waals surface area contributed by atoms with Crippen molar-refractivity contribution in [3.8, 4) is 22.8 Å². The highest BCUT2D eigenvalue weighted by Gasteiger charge is 2.13. The van der Waals surface area contributed by atoms with Gasteiger partial charge in [-0.25, -0.2) is 18.7 Å². The van der Waals surface area contributed by atoms with E-state index in [2.05, 4.69) is 25.5 Å². The molecule has 0 aliphatic heterocycles. The number of aromatic nitrogens is 4. The average molecular weight is 409 g/mol. The standard InChI is InChI=1S/C21H17F2N5S/c1-29-15-7-5-14(6-8-15)19-26-21(28-27-19)16-3-2-10-24-20(16)25-12-13-4-9-17(22)18(23)11-13/h2-11H,12H2,1H3,(H,24,25)(H,26,27,28). The highest BCUT2D eigenvalue weighted by molar-refractivity contribution is 7.98. The molecule has 0 spiro atoms. The van der Waals surface area contributed by atoms with Gasteiger partial charge in [0.15, 0.2) is 23.3 Å². The third-order valence-electron chi connectivity index (χ3n) is 4.34. The Labute approximate surface area is 170 Å². The molecule has 4 rings (SSSR count). The lowest BCUT2D eigenvalue weighted by molar-refractivity contribution is 0.507. The Morgan fingerprint density at radius 2 is 1.86 bits per heavy atom. The van der Waals surface area contributed by atoms with Crippen LogP contribution in [0, 0.1) is 11.6 Å². The SMILES string of the molecule is CSc1ccc(-c2n[nH]c(-c3cccnc3NCc3ccc(F)c(F)c3)n2)cc1. The number of hydrogen-bond acceptors (Lipinski definition) is 5. The molecule has 146 valence electrons. The fourth-order valence-electron chi connectivity index (χ4n) is 2.82. The Morgan fingerprint density at radius 3 is 2.62 bits per heavy atom. The summed E-state index contributed by atoms with van der Waals surface area (Å²) >= 11 is 1.67. The first kappa shape index (κ1) is 19.1. The minimum Gasteiger partial charge on any atom is -0.365 e. The zero-order valence-electron chi connectivity index (χ0n) is 15.5. The van der Waals surface area contributed by atoms with Crippen LogP contribution in [0.5, 0.6) is 0 Å². The third-order valence-corrected chi connectivity index (χ3v) is 5.08. The van der Waals surface area contributed by atoms with Crippen LogP contribution in [0.25, 0.3) is 22.8 Å². The summed E-state index contributed by atoms with van der Waals surface area (Å²) in [4.78, 5) is 10.1. The van der Waals surface area contributed by atoms with E-state index in [9.17, 15) is 8.78 Å². The molecule has 0 atom stereocenters. The van der Waals surface area contributed by atoms with Crippen molar-refractivity contribution in [3.63, 3.8) is 0 Å². The van der Waals surface area contributed by atoms with E-state index in [1.54, 1.807) is 24.0 Å². The van der Waals surface area contributed by atoms with Crippen LogP contribution in [0.3, 0.4) is 0 Å². The Kier molecular flexibility index (Phi) is 5.53. The maximum absolute atomic E-state index is 13.4. The number of benzene rings is 2. The smallest absolute Gasteiger partial charge is 0.181 e. The molecular formula is C21H17F2N5S. The minimum atomic E-state index is -0.877. The number of hydrogen-bond donors (Lipinski definition) is 2. The molecule has 2 N–H and O–H groups in total. The molecule has 2 aromatic carbocycles. The zero-order chi connectivity index (χ0) is 20.2. The van der Waals surface area contributed by atoms with Gasteiger partial charge < -0.3 is 5.32 Å². The number of pyridine rings is 1. The summed E-state index contributed by atoms with van der Waals surface area (Å²) in [6, 6.07) is 15.5. The van der Waals surface area contributed by atoms with Crippen molar-refractivity contribution in [2.75, 3.05) is 11.6 Å². The largest absolute Gasteiger partial charge is 0.365 e. The molecule has 2 heterocycles. The van der Waals surface area contributed by atoms with Gasteiger partial charge in [0.1, 0.15) is 5.82 Å². The van der Waals surface area contributed by atoms with Crippen LogP contribution in [0.2, 0.25) is 0 Å². The lowest BCUT2D eigenvalue weighted by Crippen LogP contribution is -2.04. The van der Waals surface area contributed by atoms with E-state index in [4.69, 9.17) is 0 Å². The summed E-state index contributed by atoms with van der Waals surface area (Å²) in [6.45, 7) is 0.290. The van der Waals surface area contributed by atoms with Crippen molar-refractivity contribution in [1.29, 1.82) is 0 Å². The lowest BCUT2D eigenvalue weighted by atomic mass is 10.2. The number of halogens is 2. The molecule has 0 saturated heterocycles. The summed E-state index contributed by atoms with van der Waals surface area (Å²) in [6.07, 6.45) is 3.67. The van der Waals surface area contributed by atoms with Crippen molar-refractivity contribution in [2.24, 2.45) is 0 Å². The van der Waals surface area contributed by atoms with E-state index < -0.39 is 11.6 Å². The summed E-state index contributed by atoms with van der Waals surface area (Å²) in [5.74, 6) is -0.0273. The van der Waals surface area contributed by atoms with Crippen molar-refractivity contribution in [1.82, 2.24) is 20.2 Å². The Bertz CT molecular complexity index is 1130. The second kappa shape index (κ2) is 8.40. The van der Waals surface area contributed by atoms with Gasteiger partial charge in [0, 0.05) is 23.2 Å². The van der Waals surface area contributed by atoms with Crippen LogP contribution in [0.15, 0.2) is 65.7 Å². The number of thioether (sulfide) groups is 1. The van der Waals surface area contributed by atoms with Crippen LogP contribution in [0.1, 0.15) is 5.56 Å². The predicted molar refractivity (Wildman–Crippen MR) is 111 cm³/mol.